The largest absolute Gasteiger partial charge is 0.455 e. The van der Waals surface area contributed by atoms with E-state index in [0.29, 0.717) is 16.5 Å². The smallest absolute Gasteiger partial charge is 0.255 e. The number of benzene rings is 3. The number of amides is 1. The zero-order valence-corrected chi connectivity index (χ0v) is 20.6. The fourth-order valence-electron chi connectivity index (χ4n) is 4.40. The summed E-state index contributed by atoms with van der Waals surface area (Å²) in [6.07, 6.45) is 2.44. The Kier molecular flexibility index (Phi) is 5.90. The van der Waals surface area contributed by atoms with Gasteiger partial charge < -0.3 is 15.5 Å². The number of hydrogen-bond donors (Lipinski definition) is 2. The van der Waals surface area contributed by atoms with Gasteiger partial charge in [0.05, 0.1) is 23.2 Å². The summed E-state index contributed by atoms with van der Waals surface area (Å²) in [5.41, 5.74) is 5.92. The third-order valence-electron chi connectivity index (χ3n) is 6.26. The lowest BCUT2D eigenvalue weighted by atomic mass is 10.00. The first kappa shape index (κ1) is 24.7. The maximum atomic E-state index is 14.4. The summed E-state index contributed by atoms with van der Waals surface area (Å²) in [7, 11) is -2.64. The highest BCUT2D eigenvalue weighted by molar-refractivity contribution is 7.92. The van der Waals surface area contributed by atoms with E-state index in [9.17, 15) is 26.4 Å². The quantitative estimate of drug-likeness (QED) is 0.324. The van der Waals surface area contributed by atoms with E-state index in [2.05, 4.69) is 5.32 Å². The van der Waals surface area contributed by atoms with Crippen molar-refractivity contribution in [3.63, 3.8) is 0 Å². The number of nitrogen functional groups attached to an aromatic ring is 1. The number of carbonyl (C=O) groups excluding carboxylic acids is 1. The van der Waals surface area contributed by atoms with Gasteiger partial charge in [0, 0.05) is 36.2 Å². The number of fused-ring (bicyclic) bond motifs is 1. The van der Waals surface area contributed by atoms with Crippen molar-refractivity contribution in [1.29, 1.82) is 0 Å². The summed E-state index contributed by atoms with van der Waals surface area (Å²) in [5.74, 6) is -2.98. The molecule has 0 radical (unpaired) electrons. The molecule has 11 heteroatoms. The minimum absolute atomic E-state index is 0.0335. The van der Waals surface area contributed by atoms with Crippen LogP contribution in [0.3, 0.4) is 0 Å². The molecule has 0 bridgehead atoms. The minimum Gasteiger partial charge on any atom is -0.455 e. The SMILES string of the molecule is CNC(=O)c1c(-c2ccc(F)cc2)oc2cc(N(c3cc(F)c(N)c(F)c3)S(C)(=O)=O)c(C3CC3)cc12. The van der Waals surface area contributed by atoms with Crippen molar-refractivity contribution in [2.24, 2.45) is 0 Å². The molecule has 37 heavy (non-hydrogen) atoms. The zero-order valence-electron chi connectivity index (χ0n) is 19.8. The number of nitrogens with zero attached hydrogens (tertiary/aromatic N) is 1. The lowest BCUT2D eigenvalue weighted by Crippen LogP contribution is -2.26. The summed E-state index contributed by atoms with van der Waals surface area (Å²) in [4.78, 5) is 12.9. The van der Waals surface area contributed by atoms with Gasteiger partial charge in [0.25, 0.3) is 5.91 Å². The predicted octanol–water partition coefficient (Wildman–Crippen LogP) is 5.43. The van der Waals surface area contributed by atoms with Crippen molar-refractivity contribution in [3.8, 4) is 11.3 Å². The molecule has 4 aromatic rings. The van der Waals surface area contributed by atoms with Crippen LogP contribution in [-0.2, 0) is 10.0 Å². The standard InChI is InChI=1S/C26H22F3N3O4S/c1-31-26(33)23-18-11-17(13-3-4-13)21(12-22(18)36-25(23)14-5-7-15(27)8-6-14)32(37(2,34)35)16-9-19(28)24(30)20(29)10-16/h5-13H,3-4,30H2,1-2H3,(H,31,33). The molecule has 1 aromatic heterocycles. The number of nitrogens with two attached hydrogens (primary N) is 1. The normalized spacial score (nSPS) is 13.6. The monoisotopic (exact) mass is 529 g/mol. The predicted molar refractivity (Wildman–Crippen MR) is 135 cm³/mol. The number of hydrogen-bond acceptors (Lipinski definition) is 5. The Morgan fingerprint density at radius 2 is 1.68 bits per heavy atom. The first-order valence-corrected chi connectivity index (χ1v) is 13.2. The summed E-state index contributed by atoms with van der Waals surface area (Å²) in [6.45, 7) is 0. The summed E-state index contributed by atoms with van der Waals surface area (Å²) in [5, 5.41) is 3.00. The maximum Gasteiger partial charge on any atom is 0.255 e. The Morgan fingerprint density at radius 3 is 2.22 bits per heavy atom. The highest BCUT2D eigenvalue weighted by Gasteiger charge is 2.34. The highest BCUT2D eigenvalue weighted by atomic mass is 32.2. The molecule has 0 unspecified atom stereocenters. The Balaban J connectivity index is 1.81. The molecule has 1 heterocycles. The molecule has 0 atom stereocenters. The van der Waals surface area contributed by atoms with E-state index in [1.54, 1.807) is 6.07 Å². The molecule has 0 saturated heterocycles. The van der Waals surface area contributed by atoms with Crippen molar-refractivity contribution in [2.75, 3.05) is 23.3 Å². The van der Waals surface area contributed by atoms with Gasteiger partial charge >= 0.3 is 0 Å². The van der Waals surface area contributed by atoms with Crippen LogP contribution in [0.5, 0.6) is 0 Å². The van der Waals surface area contributed by atoms with Crippen LogP contribution in [0, 0.1) is 17.5 Å². The van der Waals surface area contributed by atoms with Crippen LogP contribution in [0.1, 0.15) is 34.7 Å². The second-order valence-electron chi connectivity index (χ2n) is 8.92. The molecular weight excluding hydrogens is 507 g/mol. The fourth-order valence-corrected chi connectivity index (χ4v) is 5.40. The van der Waals surface area contributed by atoms with Crippen LogP contribution in [-0.4, -0.2) is 27.6 Å². The van der Waals surface area contributed by atoms with Gasteiger partial charge in [-0.2, -0.15) is 0 Å². The highest BCUT2D eigenvalue weighted by Crippen LogP contribution is 2.49. The van der Waals surface area contributed by atoms with Crippen LogP contribution < -0.4 is 15.4 Å². The van der Waals surface area contributed by atoms with E-state index in [-0.39, 0.29) is 34.2 Å². The molecule has 5 rings (SSSR count). The van der Waals surface area contributed by atoms with E-state index in [1.165, 1.54) is 37.4 Å². The number of furan rings is 1. The second-order valence-corrected chi connectivity index (χ2v) is 10.8. The number of halogens is 3. The van der Waals surface area contributed by atoms with Gasteiger partial charge in [-0.25, -0.2) is 25.9 Å². The summed E-state index contributed by atoms with van der Waals surface area (Å²) >= 11 is 0. The lowest BCUT2D eigenvalue weighted by molar-refractivity contribution is 0.0964. The molecule has 3 N–H and O–H groups in total. The van der Waals surface area contributed by atoms with Gasteiger partial charge in [0.15, 0.2) is 11.6 Å². The van der Waals surface area contributed by atoms with Crippen LogP contribution in [0.25, 0.3) is 22.3 Å². The Labute approximate surface area is 210 Å². The zero-order chi connectivity index (χ0) is 26.6. The molecule has 1 fully saturated rings. The third kappa shape index (κ3) is 4.39. The fraction of sp³-hybridized carbons (Fsp3) is 0.192. The molecule has 1 saturated carbocycles. The summed E-state index contributed by atoms with van der Waals surface area (Å²) < 4.78 is 75.1. The van der Waals surface area contributed by atoms with Gasteiger partial charge in [-0.15, -0.1) is 0 Å². The van der Waals surface area contributed by atoms with Crippen LogP contribution in [0.4, 0.5) is 30.2 Å². The number of rotatable bonds is 6. The topological polar surface area (TPSA) is 106 Å². The number of sulfonamides is 1. The number of anilines is 3. The van der Waals surface area contributed by atoms with Gasteiger partial charge in [0.2, 0.25) is 10.0 Å². The van der Waals surface area contributed by atoms with E-state index in [0.717, 1.165) is 35.5 Å². The first-order chi connectivity index (χ1) is 17.5. The third-order valence-corrected chi connectivity index (χ3v) is 7.33. The molecule has 1 amide bonds. The second kappa shape index (κ2) is 8.84. The molecule has 0 aliphatic heterocycles. The van der Waals surface area contributed by atoms with Crippen molar-refractivity contribution >= 4 is 44.0 Å². The Bertz CT molecular complexity index is 1640. The Hall–Kier alpha value is -3.99. The van der Waals surface area contributed by atoms with Crippen molar-refractivity contribution in [3.05, 3.63) is 77.1 Å². The molecule has 192 valence electrons. The van der Waals surface area contributed by atoms with Crippen LogP contribution in [0.15, 0.2) is 52.9 Å². The molecule has 3 aromatic carbocycles. The number of carbonyl (C=O) groups is 1. The first-order valence-electron chi connectivity index (χ1n) is 11.3. The molecule has 0 spiro atoms. The molecular formula is C26H22F3N3O4S. The van der Waals surface area contributed by atoms with Crippen LogP contribution in [0.2, 0.25) is 0 Å². The van der Waals surface area contributed by atoms with E-state index < -0.39 is 39.1 Å². The number of nitrogens with one attached hydrogen (secondary N) is 1. The van der Waals surface area contributed by atoms with Crippen molar-refractivity contribution in [2.45, 2.75) is 18.8 Å². The average molecular weight is 530 g/mol. The van der Waals surface area contributed by atoms with Gasteiger partial charge in [-0.3, -0.25) is 4.79 Å². The maximum absolute atomic E-state index is 14.4. The molecule has 1 aliphatic rings. The average Bonchev–Trinajstić information content (AvgIpc) is 3.62. The molecule has 7 nitrogen and oxygen atoms in total. The lowest BCUT2D eigenvalue weighted by Gasteiger charge is -2.25. The van der Waals surface area contributed by atoms with Gasteiger partial charge in [-0.1, -0.05) is 0 Å². The van der Waals surface area contributed by atoms with Crippen molar-refractivity contribution < 1.29 is 30.8 Å². The van der Waals surface area contributed by atoms with E-state index >= 15 is 0 Å². The van der Waals surface area contributed by atoms with E-state index in [1.807, 2.05) is 0 Å². The minimum atomic E-state index is -4.10. The van der Waals surface area contributed by atoms with Crippen molar-refractivity contribution in [1.82, 2.24) is 5.32 Å². The van der Waals surface area contributed by atoms with Gasteiger partial charge in [-0.05, 0) is 54.7 Å². The van der Waals surface area contributed by atoms with Crippen LogP contribution >= 0.6 is 0 Å². The summed E-state index contributed by atoms with van der Waals surface area (Å²) in [6, 6.07) is 10.2. The molecule has 1 aliphatic carbocycles. The van der Waals surface area contributed by atoms with E-state index in [4.69, 9.17) is 10.2 Å². The van der Waals surface area contributed by atoms with Gasteiger partial charge in [0.1, 0.15) is 22.8 Å². The Morgan fingerprint density at radius 1 is 1.05 bits per heavy atom.